The van der Waals surface area contributed by atoms with Crippen LogP contribution in [0.25, 0.3) is 0 Å². The van der Waals surface area contributed by atoms with E-state index in [9.17, 15) is 22.8 Å². The second-order valence-corrected chi connectivity index (χ2v) is 10.4. The Kier molecular flexibility index (Phi) is 6.18. The number of ketones is 1. The normalized spacial score (nSPS) is 21.3. The minimum Gasteiger partial charge on any atom is -0.457 e. The Morgan fingerprint density at radius 1 is 1.32 bits per heavy atom. The van der Waals surface area contributed by atoms with Crippen LogP contribution in [0.3, 0.4) is 0 Å². The van der Waals surface area contributed by atoms with Gasteiger partial charge >= 0.3 is 5.97 Å². The largest absolute Gasteiger partial charge is 0.457 e. The summed E-state index contributed by atoms with van der Waals surface area (Å²) >= 11 is 1.23. The molecule has 2 fully saturated rings. The predicted molar refractivity (Wildman–Crippen MR) is 106 cm³/mol. The molecule has 1 atom stereocenters. The molecule has 0 aliphatic carbocycles. The van der Waals surface area contributed by atoms with Crippen LogP contribution < -0.4 is 0 Å². The highest BCUT2D eigenvalue weighted by Gasteiger charge is 2.31. The van der Waals surface area contributed by atoms with E-state index in [1.807, 2.05) is 11.5 Å². The Labute approximate surface area is 168 Å². The molecule has 1 aromatic heterocycles. The molecule has 2 aliphatic rings. The van der Waals surface area contributed by atoms with Gasteiger partial charge in [-0.2, -0.15) is 0 Å². The molecule has 3 rings (SSSR count). The topological polar surface area (TPSA) is 103 Å². The van der Waals surface area contributed by atoms with E-state index in [2.05, 4.69) is 0 Å². The molecule has 1 amide bonds. The fourth-order valence-corrected chi connectivity index (χ4v) is 6.30. The van der Waals surface area contributed by atoms with Crippen LogP contribution in [-0.2, 0) is 19.4 Å². The molecule has 10 heteroatoms. The maximum atomic E-state index is 12.5. The van der Waals surface area contributed by atoms with Gasteiger partial charge < -0.3 is 14.2 Å². The average Bonchev–Trinajstić information content (AvgIpc) is 3.28. The lowest BCUT2D eigenvalue weighted by Gasteiger charge is -2.16. The average molecular weight is 429 g/mol. The van der Waals surface area contributed by atoms with Gasteiger partial charge in [-0.25, -0.2) is 8.42 Å². The number of amides is 1. The summed E-state index contributed by atoms with van der Waals surface area (Å²) in [7, 11) is -3.03. The van der Waals surface area contributed by atoms with Crippen molar-refractivity contribution in [1.29, 1.82) is 0 Å². The molecule has 0 bridgehead atoms. The monoisotopic (exact) mass is 428 g/mol. The van der Waals surface area contributed by atoms with Crippen molar-refractivity contribution in [3.8, 4) is 0 Å². The van der Waals surface area contributed by atoms with Gasteiger partial charge in [0.2, 0.25) is 5.78 Å². The van der Waals surface area contributed by atoms with E-state index in [4.69, 9.17) is 4.74 Å². The van der Waals surface area contributed by atoms with E-state index < -0.39 is 15.8 Å². The molecule has 28 heavy (non-hydrogen) atoms. The Hall–Kier alpha value is -1.81. The molecule has 0 radical (unpaired) electrons. The van der Waals surface area contributed by atoms with Gasteiger partial charge in [-0.15, -0.1) is 0 Å². The summed E-state index contributed by atoms with van der Waals surface area (Å²) < 4.78 is 30.5. The van der Waals surface area contributed by atoms with E-state index in [1.165, 1.54) is 11.8 Å². The van der Waals surface area contributed by atoms with Crippen molar-refractivity contribution >= 4 is 38.6 Å². The smallest absolute Gasteiger partial charge is 0.308 e. The first-order chi connectivity index (χ1) is 13.2. The van der Waals surface area contributed by atoms with Gasteiger partial charge in [-0.1, -0.05) is 11.8 Å². The van der Waals surface area contributed by atoms with Crippen LogP contribution in [0.1, 0.15) is 40.6 Å². The van der Waals surface area contributed by atoms with Gasteiger partial charge in [-0.05, 0) is 26.3 Å². The summed E-state index contributed by atoms with van der Waals surface area (Å²) in [6, 6.07) is 1.56. The van der Waals surface area contributed by atoms with Gasteiger partial charge in [-0.3, -0.25) is 14.4 Å². The third-order valence-corrected chi connectivity index (χ3v) is 7.80. The van der Waals surface area contributed by atoms with Crippen molar-refractivity contribution in [3.63, 3.8) is 0 Å². The summed E-state index contributed by atoms with van der Waals surface area (Å²) in [5, 5.41) is -0.0368. The van der Waals surface area contributed by atoms with Crippen molar-refractivity contribution in [2.24, 2.45) is 0 Å². The van der Waals surface area contributed by atoms with Crippen LogP contribution in [0.15, 0.2) is 6.07 Å². The molecular weight excluding hydrogens is 404 g/mol. The lowest BCUT2D eigenvalue weighted by atomic mass is 10.1. The standard InChI is InChI=1S/C18H24N2O6S2/c1-12-9-15(13(2)20(12)14-4-8-28(24,25)11-14)16(21)10-26-17(22)3-5-19-6-7-27-18(19)23/h9,14H,3-8,10-11H2,1-2H3. The molecule has 0 aromatic carbocycles. The van der Waals surface area contributed by atoms with Gasteiger partial charge in [0.15, 0.2) is 16.4 Å². The number of esters is 1. The zero-order valence-electron chi connectivity index (χ0n) is 16.0. The maximum Gasteiger partial charge on any atom is 0.308 e. The zero-order valence-corrected chi connectivity index (χ0v) is 17.6. The van der Waals surface area contributed by atoms with Crippen molar-refractivity contribution in [2.75, 3.05) is 37.0 Å². The van der Waals surface area contributed by atoms with E-state index in [1.54, 1.807) is 17.9 Å². The van der Waals surface area contributed by atoms with E-state index in [0.29, 0.717) is 30.8 Å². The zero-order chi connectivity index (χ0) is 20.5. The Bertz CT molecular complexity index is 905. The number of hydrogen-bond donors (Lipinski definition) is 0. The first-order valence-electron chi connectivity index (χ1n) is 9.17. The number of sulfone groups is 1. The molecule has 2 aliphatic heterocycles. The highest BCUT2D eigenvalue weighted by atomic mass is 32.2. The SMILES string of the molecule is Cc1cc(C(=O)COC(=O)CCN2CCSC2=O)c(C)n1C1CCS(=O)(=O)C1. The lowest BCUT2D eigenvalue weighted by Crippen LogP contribution is -2.27. The number of Topliss-reactive ketones (excluding diaryl/α,β-unsaturated/α-hetero) is 1. The minimum atomic E-state index is -3.03. The van der Waals surface area contributed by atoms with Crippen molar-refractivity contribution in [2.45, 2.75) is 32.7 Å². The fourth-order valence-electron chi connectivity index (χ4n) is 3.75. The second-order valence-electron chi connectivity index (χ2n) is 7.15. The number of ether oxygens (including phenoxy) is 1. The number of thioether (sulfide) groups is 1. The minimum absolute atomic E-state index is 0.0368. The first-order valence-corrected chi connectivity index (χ1v) is 12.0. The van der Waals surface area contributed by atoms with Crippen LogP contribution in [0, 0.1) is 13.8 Å². The van der Waals surface area contributed by atoms with Gasteiger partial charge in [0, 0.05) is 41.8 Å². The van der Waals surface area contributed by atoms with E-state index in [0.717, 1.165) is 11.4 Å². The van der Waals surface area contributed by atoms with E-state index >= 15 is 0 Å². The molecule has 0 saturated carbocycles. The Morgan fingerprint density at radius 3 is 2.68 bits per heavy atom. The summed E-state index contributed by atoms with van der Waals surface area (Å²) in [6.45, 7) is 4.17. The number of nitrogens with zero attached hydrogens (tertiary/aromatic N) is 2. The Balaban J connectivity index is 1.56. The van der Waals surface area contributed by atoms with Crippen LogP contribution in [0.4, 0.5) is 4.79 Å². The Morgan fingerprint density at radius 2 is 2.07 bits per heavy atom. The third kappa shape index (κ3) is 4.60. The molecule has 2 saturated heterocycles. The number of aromatic nitrogens is 1. The summed E-state index contributed by atoms with van der Waals surface area (Å²) in [5.74, 6) is 0.132. The maximum absolute atomic E-state index is 12.5. The van der Waals surface area contributed by atoms with Crippen molar-refractivity contribution < 1.29 is 27.5 Å². The molecule has 3 heterocycles. The molecule has 0 N–H and O–H groups in total. The molecule has 8 nitrogen and oxygen atoms in total. The fraction of sp³-hybridized carbons (Fsp3) is 0.611. The van der Waals surface area contributed by atoms with Crippen LogP contribution in [-0.4, -0.2) is 71.8 Å². The van der Waals surface area contributed by atoms with Gasteiger partial charge in [0.25, 0.3) is 5.24 Å². The number of aryl methyl sites for hydroxylation is 1. The molecular formula is C18H24N2O6S2. The van der Waals surface area contributed by atoms with Crippen LogP contribution >= 0.6 is 11.8 Å². The molecule has 0 spiro atoms. The van der Waals surface area contributed by atoms with Crippen molar-refractivity contribution in [1.82, 2.24) is 9.47 Å². The predicted octanol–water partition coefficient (Wildman–Crippen LogP) is 1.75. The van der Waals surface area contributed by atoms with Gasteiger partial charge in [0.05, 0.1) is 17.9 Å². The lowest BCUT2D eigenvalue weighted by molar-refractivity contribution is -0.142. The van der Waals surface area contributed by atoms with Crippen molar-refractivity contribution in [3.05, 3.63) is 23.0 Å². The molecule has 1 unspecified atom stereocenters. The number of carbonyl (C=O) groups excluding carboxylic acids is 3. The quantitative estimate of drug-likeness (QED) is 0.481. The molecule has 1 aromatic rings. The highest BCUT2D eigenvalue weighted by molar-refractivity contribution is 8.13. The summed E-state index contributed by atoms with van der Waals surface area (Å²) in [5.41, 5.74) is 1.96. The van der Waals surface area contributed by atoms with Crippen LogP contribution in [0.5, 0.6) is 0 Å². The first kappa shape index (κ1) is 20.9. The number of carbonyl (C=O) groups is 3. The third-order valence-electron chi connectivity index (χ3n) is 5.15. The number of rotatable bonds is 7. The summed E-state index contributed by atoms with van der Waals surface area (Å²) in [4.78, 5) is 37.5. The highest BCUT2D eigenvalue weighted by Crippen LogP contribution is 2.29. The summed E-state index contributed by atoms with van der Waals surface area (Å²) in [6.07, 6.45) is 0.591. The van der Waals surface area contributed by atoms with Gasteiger partial charge in [0.1, 0.15) is 0 Å². The van der Waals surface area contributed by atoms with E-state index in [-0.39, 0.29) is 41.6 Å². The second kappa shape index (κ2) is 8.28. The van der Waals surface area contributed by atoms with Crippen LogP contribution in [0.2, 0.25) is 0 Å². The molecule has 154 valence electrons. The number of hydrogen-bond acceptors (Lipinski definition) is 7.